The monoisotopic (exact) mass is 327 g/mol. The smallest absolute Gasteiger partial charge is 0.191 e. The van der Waals surface area contributed by atoms with E-state index in [1.807, 2.05) is 0 Å². The van der Waals surface area contributed by atoms with Crippen LogP contribution >= 0.6 is 0 Å². The molecule has 6 heteroatoms. The first kappa shape index (κ1) is 20.2. The maximum Gasteiger partial charge on any atom is 0.191 e. The molecule has 1 aliphatic rings. The fourth-order valence-electron chi connectivity index (χ4n) is 2.42. The van der Waals surface area contributed by atoms with Crippen LogP contribution < -0.4 is 10.6 Å². The molecule has 0 spiro atoms. The van der Waals surface area contributed by atoms with E-state index in [9.17, 15) is 0 Å². The normalized spacial score (nSPS) is 17.0. The predicted octanol–water partition coefficient (Wildman–Crippen LogP) is 0.994. The van der Waals surface area contributed by atoms with Crippen molar-refractivity contribution in [3.8, 4) is 0 Å². The van der Waals surface area contributed by atoms with Crippen molar-refractivity contribution in [3.05, 3.63) is 0 Å². The Morgan fingerprint density at radius 3 is 2.61 bits per heavy atom. The second kappa shape index (κ2) is 12.6. The summed E-state index contributed by atoms with van der Waals surface area (Å²) in [6.45, 7) is 15.3. The SMILES string of the molecule is CCNC(=NCCCCN(C)C(C)C)NCCN1CCOCC1. The summed E-state index contributed by atoms with van der Waals surface area (Å²) < 4.78 is 5.37. The van der Waals surface area contributed by atoms with Crippen molar-refractivity contribution in [2.24, 2.45) is 4.99 Å². The highest BCUT2D eigenvalue weighted by atomic mass is 16.5. The fourth-order valence-corrected chi connectivity index (χ4v) is 2.42. The zero-order valence-electron chi connectivity index (χ0n) is 15.6. The number of ether oxygens (including phenoxy) is 1. The van der Waals surface area contributed by atoms with Gasteiger partial charge in [-0.3, -0.25) is 9.89 Å². The molecule has 0 atom stereocenters. The van der Waals surface area contributed by atoms with Crippen LogP contribution in [-0.2, 0) is 4.74 Å². The van der Waals surface area contributed by atoms with E-state index in [4.69, 9.17) is 4.74 Å². The molecule has 1 fully saturated rings. The molecule has 1 saturated heterocycles. The number of rotatable bonds is 10. The molecule has 23 heavy (non-hydrogen) atoms. The molecule has 0 amide bonds. The Bertz CT molecular complexity index is 316. The van der Waals surface area contributed by atoms with Crippen molar-refractivity contribution in [3.63, 3.8) is 0 Å². The molecular formula is C17H37N5O. The molecule has 1 aliphatic heterocycles. The number of morpholine rings is 1. The number of aliphatic imine (C=N–C) groups is 1. The van der Waals surface area contributed by atoms with Crippen LogP contribution in [0.25, 0.3) is 0 Å². The second-order valence-electron chi connectivity index (χ2n) is 6.42. The molecule has 1 heterocycles. The molecule has 0 aromatic heterocycles. The lowest BCUT2D eigenvalue weighted by Crippen LogP contribution is -2.44. The molecule has 0 aromatic rings. The molecule has 136 valence electrons. The quantitative estimate of drug-likeness (QED) is 0.356. The summed E-state index contributed by atoms with van der Waals surface area (Å²) in [4.78, 5) is 9.49. The summed E-state index contributed by atoms with van der Waals surface area (Å²) in [7, 11) is 2.19. The molecule has 0 aromatic carbocycles. The molecule has 0 aliphatic carbocycles. The van der Waals surface area contributed by atoms with E-state index in [1.165, 1.54) is 6.42 Å². The lowest BCUT2D eigenvalue weighted by Gasteiger charge is -2.26. The Morgan fingerprint density at radius 1 is 1.22 bits per heavy atom. The van der Waals surface area contributed by atoms with E-state index in [0.29, 0.717) is 6.04 Å². The van der Waals surface area contributed by atoms with Gasteiger partial charge in [-0.25, -0.2) is 0 Å². The minimum atomic E-state index is 0.623. The molecule has 0 radical (unpaired) electrons. The minimum absolute atomic E-state index is 0.623. The van der Waals surface area contributed by atoms with E-state index in [2.05, 4.69) is 53.2 Å². The van der Waals surface area contributed by atoms with E-state index in [-0.39, 0.29) is 0 Å². The van der Waals surface area contributed by atoms with Crippen LogP contribution in [0, 0.1) is 0 Å². The third kappa shape index (κ3) is 9.79. The first-order chi connectivity index (χ1) is 11.1. The summed E-state index contributed by atoms with van der Waals surface area (Å²) in [6, 6.07) is 0.623. The molecule has 0 unspecified atom stereocenters. The number of nitrogens with zero attached hydrogens (tertiary/aromatic N) is 3. The van der Waals surface area contributed by atoms with Crippen LogP contribution in [0.5, 0.6) is 0 Å². The lowest BCUT2D eigenvalue weighted by atomic mass is 10.2. The Balaban J connectivity index is 2.16. The molecule has 1 rings (SSSR count). The van der Waals surface area contributed by atoms with Crippen molar-refractivity contribution < 1.29 is 4.74 Å². The molecule has 6 nitrogen and oxygen atoms in total. The standard InChI is InChI=1S/C17H37N5O/c1-5-18-17(19-8-6-7-10-21(4)16(2)3)20-9-11-22-12-14-23-15-13-22/h16H,5-15H2,1-4H3,(H2,18,19,20). The number of hydrogen-bond donors (Lipinski definition) is 2. The summed E-state index contributed by atoms with van der Waals surface area (Å²) in [5.41, 5.74) is 0. The second-order valence-corrected chi connectivity index (χ2v) is 6.42. The maximum absolute atomic E-state index is 5.37. The van der Waals surface area contributed by atoms with Crippen LogP contribution in [0.2, 0.25) is 0 Å². The highest BCUT2D eigenvalue weighted by Crippen LogP contribution is 1.98. The Hall–Kier alpha value is -0.850. The van der Waals surface area contributed by atoms with Gasteiger partial charge in [0, 0.05) is 45.3 Å². The predicted molar refractivity (Wildman–Crippen MR) is 98.2 cm³/mol. The molecule has 2 N–H and O–H groups in total. The van der Waals surface area contributed by atoms with Gasteiger partial charge >= 0.3 is 0 Å². The van der Waals surface area contributed by atoms with E-state index >= 15 is 0 Å². The largest absolute Gasteiger partial charge is 0.379 e. The average Bonchev–Trinajstić information content (AvgIpc) is 2.55. The zero-order chi connectivity index (χ0) is 16.9. The van der Waals surface area contributed by atoms with Crippen molar-refractivity contribution >= 4 is 5.96 Å². The lowest BCUT2D eigenvalue weighted by molar-refractivity contribution is 0.0389. The van der Waals surface area contributed by atoms with Crippen LogP contribution in [-0.4, -0.2) is 87.9 Å². The Kier molecular flexibility index (Phi) is 11.0. The Morgan fingerprint density at radius 2 is 1.96 bits per heavy atom. The van der Waals surface area contributed by atoms with E-state index in [1.54, 1.807) is 0 Å². The molecule has 0 bridgehead atoms. The van der Waals surface area contributed by atoms with Gasteiger partial charge in [-0.1, -0.05) is 0 Å². The number of hydrogen-bond acceptors (Lipinski definition) is 4. The van der Waals surface area contributed by atoms with Gasteiger partial charge in [0.2, 0.25) is 0 Å². The average molecular weight is 328 g/mol. The third-order valence-electron chi connectivity index (χ3n) is 4.24. The van der Waals surface area contributed by atoms with Gasteiger partial charge in [0.1, 0.15) is 0 Å². The van der Waals surface area contributed by atoms with Gasteiger partial charge < -0.3 is 20.3 Å². The number of nitrogens with one attached hydrogen (secondary N) is 2. The zero-order valence-corrected chi connectivity index (χ0v) is 15.6. The van der Waals surface area contributed by atoms with Gasteiger partial charge in [0.25, 0.3) is 0 Å². The minimum Gasteiger partial charge on any atom is -0.379 e. The summed E-state index contributed by atoms with van der Waals surface area (Å²) in [5.74, 6) is 0.943. The van der Waals surface area contributed by atoms with Crippen LogP contribution in [0.4, 0.5) is 0 Å². The fraction of sp³-hybridized carbons (Fsp3) is 0.941. The van der Waals surface area contributed by atoms with Gasteiger partial charge in [0.05, 0.1) is 13.2 Å². The van der Waals surface area contributed by atoms with Gasteiger partial charge in [-0.05, 0) is 47.2 Å². The maximum atomic E-state index is 5.37. The summed E-state index contributed by atoms with van der Waals surface area (Å²) in [6.07, 6.45) is 2.34. The van der Waals surface area contributed by atoms with Gasteiger partial charge in [0.15, 0.2) is 5.96 Å². The van der Waals surface area contributed by atoms with Crippen molar-refractivity contribution in [2.45, 2.75) is 39.7 Å². The van der Waals surface area contributed by atoms with E-state index < -0.39 is 0 Å². The van der Waals surface area contributed by atoms with Gasteiger partial charge in [-0.15, -0.1) is 0 Å². The number of unbranched alkanes of at least 4 members (excludes halogenated alkanes) is 1. The van der Waals surface area contributed by atoms with Crippen LogP contribution in [0.15, 0.2) is 4.99 Å². The first-order valence-corrected chi connectivity index (χ1v) is 9.16. The van der Waals surface area contributed by atoms with Crippen LogP contribution in [0.3, 0.4) is 0 Å². The first-order valence-electron chi connectivity index (χ1n) is 9.16. The third-order valence-corrected chi connectivity index (χ3v) is 4.24. The highest BCUT2D eigenvalue weighted by Gasteiger charge is 2.09. The molecular weight excluding hydrogens is 290 g/mol. The summed E-state index contributed by atoms with van der Waals surface area (Å²) in [5, 5.41) is 6.76. The van der Waals surface area contributed by atoms with Crippen LogP contribution in [0.1, 0.15) is 33.6 Å². The highest BCUT2D eigenvalue weighted by molar-refractivity contribution is 5.79. The van der Waals surface area contributed by atoms with Gasteiger partial charge in [-0.2, -0.15) is 0 Å². The van der Waals surface area contributed by atoms with Crippen molar-refractivity contribution in [1.82, 2.24) is 20.4 Å². The number of guanidine groups is 1. The van der Waals surface area contributed by atoms with E-state index in [0.717, 1.165) is 71.4 Å². The van der Waals surface area contributed by atoms with Crippen molar-refractivity contribution in [2.75, 3.05) is 66.1 Å². The van der Waals surface area contributed by atoms with Crippen molar-refractivity contribution in [1.29, 1.82) is 0 Å². The summed E-state index contributed by atoms with van der Waals surface area (Å²) >= 11 is 0. The molecule has 0 saturated carbocycles. The topological polar surface area (TPSA) is 52.1 Å². The Labute approximate surface area is 142 Å².